The molecule has 0 saturated carbocycles. The number of aromatic nitrogens is 3. The van der Waals surface area contributed by atoms with Crippen LogP contribution in [0.4, 0.5) is 0 Å². The Hall–Kier alpha value is -7.82. The molecule has 0 aliphatic rings. The summed E-state index contributed by atoms with van der Waals surface area (Å²) < 4.78 is 8.31. The summed E-state index contributed by atoms with van der Waals surface area (Å²) in [5.74, 6) is 0.654. The van der Waals surface area contributed by atoms with Gasteiger partial charge in [-0.25, -0.2) is 9.97 Å². The molecule has 0 amide bonds. The second-order valence-electron chi connectivity index (χ2n) is 15.0. The van der Waals surface area contributed by atoms with Crippen molar-refractivity contribution in [3.8, 4) is 50.6 Å². The van der Waals surface area contributed by atoms with Crippen molar-refractivity contribution in [2.45, 2.75) is 0 Å². The highest BCUT2D eigenvalue weighted by Gasteiger charge is 2.19. The topological polar surface area (TPSA) is 43.9 Å². The summed E-state index contributed by atoms with van der Waals surface area (Å²) in [6.45, 7) is 0. The van der Waals surface area contributed by atoms with Crippen LogP contribution in [0.3, 0.4) is 0 Å². The van der Waals surface area contributed by atoms with Gasteiger partial charge in [-0.05, 0) is 92.7 Å². The maximum absolute atomic E-state index is 6.08. The molecule has 0 aliphatic carbocycles. The van der Waals surface area contributed by atoms with E-state index in [9.17, 15) is 0 Å². The van der Waals surface area contributed by atoms with Crippen molar-refractivity contribution in [1.29, 1.82) is 0 Å². The van der Waals surface area contributed by atoms with Gasteiger partial charge in [-0.3, -0.25) is 4.57 Å². The van der Waals surface area contributed by atoms with Gasteiger partial charge in [0.15, 0.2) is 0 Å². The zero-order valence-electron chi connectivity index (χ0n) is 31.3. The minimum Gasteiger partial charge on any atom is -0.456 e. The van der Waals surface area contributed by atoms with E-state index >= 15 is 0 Å². The number of benzene rings is 9. The third kappa shape index (κ3) is 5.16. The summed E-state index contributed by atoms with van der Waals surface area (Å²) in [6, 6.07) is 71.0. The molecule has 0 fully saturated rings. The average Bonchev–Trinajstić information content (AvgIpc) is 3.84. The summed E-state index contributed by atoms with van der Waals surface area (Å²) in [5.41, 5.74) is 13.9. The van der Waals surface area contributed by atoms with Crippen LogP contribution in [-0.2, 0) is 0 Å². The van der Waals surface area contributed by atoms with Gasteiger partial charge in [0.05, 0.1) is 22.2 Å². The molecule has 4 nitrogen and oxygen atoms in total. The van der Waals surface area contributed by atoms with Crippen molar-refractivity contribution in [2.75, 3.05) is 0 Å². The summed E-state index contributed by atoms with van der Waals surface area (Å²) in [5, 5.41) is 8.06. The van der Waals surface area contributed by atoms with Gasteiger partial charge in [-0.1, -0.05) is 152 Å². The van der Waals surface area contributed by atoms with Crippen molar-refractivity contribution in [2.24, 2.45) is 0 Å². The number of hydrogen-bond donors (Lipinski definition) is 0. The minimum atomic E-state index is 0.654. The van der Waals surface area contributed by atoms with Crippen LogP contribution in [-0.4, -0.2) is 14.5 Å². The first-order valence-corrected chi connectivity index (χ1v) is 19.6. The molecule has 12 aromatic rings. The monoisotopic (exact) mass is 739 g/mol. The Bertz CT molecular complexity index is 3560. The minimum absolute atomic E-state index is 0.654. The second kappa shape index (κ2) is 12.9. The fraction of sp³-hybridized carbons (Fsp3) is 0. The van der Waals surface area contributed by atoms with E-state index in [0.717, 1.165) is 60.7 Å². The zero-order chi connectivity index (χ0) is 38.2. The van der Waals surface area contributed by atoms with Crippen LogP contribution in [0.2, 0.25) is 0 Å². The molecule has 0 bridgehead atoms. The zero-order valence-corrected chi connectivity index (χ0v) is 31.3. The van der Waals surface area contributed by atoms with Gasteiger partial charge in [0.1, 0.15) is 11.2 Å². The quantitative estimate of drug-likeness (QED) is 0.177. The third-order valence-electron chi connectivity index (χ3n) is 11.6. The number of hydrogen-bond acceptors (Lipinski definition) is 3. The molecule has 270 valence electrons. The summed E-state index contributed by atoms with van der Waals surface area (Å²) in [7, 11) is 0. The lowest BCUT2D eigenvalue weighted by molar-refractivity contribution is 0.669. The van der Waals surface area contributed by atoms with Gasteiger partial charge in [0.25, 0.3) is 0 Å². The summed E-state index contributed by atoms with van der Waals surface area (Å²) in [6.07, 6.45) is 0. The number of fused-ring (bicyclic) bond motifs is 9. The molecule has 4 heteroatoms. The molecule has 58 heavy (non-hydrogen) atoms. The van der Waals surface area contributed by atoms with Gasteiger partial charge in [-0.15, -0.1) is 0 Å². The lowest BCUT2D eigenvalue weighted by Crippen LogP contribution is -2.03. The van der Waals surface area contributed by atoms with Gasteiger partial charge < -0.3 is 4.42 Å². The van der Waals surface area contributed by atoms with Gasteiger partial charge in [-0.2, -0.15) is 0 Å². The van der Waals surface area contributed by atoms with Crippen molar-refractivity contribution in [3.63, 3.8) is 0 Å². The smallest absolute Gasteiger partial charge is 0.235 e. The lowest BCUT2D eigenvalue weighted by Gasteiger charge is -2.13. The molecule has 0 aliphatic heterocycles. The van der Waals surface area contributed by atoms with Gasteiger partial charge in [0.2, 0.25) is 5.95 Å². The lowest BCUT2D eigenvalue weighted by atomic mass is 9.96. The summed E-state index contributed by atoms with van der Waals surface area (Å²) in [4.78, 5) is 10.6. The van der Waals surface area contributed by atoms with E-state index in [-0.39, 0.29) is 0 Å². The standard InChI is InChI=1S/C54H33N3O/c1-2-11-34(12-3-1)37-13-10-14-41(32-37)53-44-16-4-7-18-47(44)55-54(56-53)57-48-19-8-5-17-45(48)52-42-28-25-38(31-40(42)26-29-49(52)57)35-21-23-36(24-22-35)39-27-30-51-46(33-39)43-15-6-9-20-50(43)58-51/h1-33H. The van der Waals surface area contributed by atoms with Crippen LogP contribution < -0.4 is 0 Å². The third-order valence-corrected chi connectivity index (χ3v) is 11.6. The number of furan rings is 1. The number of rotatable bonds is 5. The van der Waals surface area contributed by atoms with E-state index in [2.05, 4.69) is 193 Å². The van der Waals surface area contributed by atoms with Crippen molar-refractivity contribution >= 4 is 65.4 Å². The molecule has 0 saturated heterocycles. The molecule has 0 radical (unpaired) electrons. The molecule has 3 aromatic heterocycles. The second-order valence-corrected chi connectivity index (χ2v) is 15.0. The Labute approximate surface area is 333 Å². The highest BCUT2D eigenvalue weighted by Crippen LogP contribution is 2.40. The molecule has 3 heterocycles. The van der Waals surface area contributed by atoms with Crippen LogP contribution in [0, 0.1) is 0 Å². The van der Waals surface area contributed by atoms with E-state index in [1.54, 1.807) is 0 Å². The first kappa shape index (κ1) is 32.4. The number of nitrogens with zero attached hydrogens (tertiary/aromatic N) is 3. The van der Waals surface area contributed by atoms with Crippen LogP contribution in [0.15, 0.2) is 205 Å². The molecule has 0 spiro atoms. The molecule has 9 aromatic carbocycles. The maximum Gasteiger partial charge on any atom is 0.235 e. The van der Waals surface area contributed by atoms with Gasteiger partial charge in [0, 0.05) is 32.5 Å². The average molecular weight is 740 g/mol. The Kier molecular flexibility index (Phi) is 7.20. The SMILES string of the molecule is c1ccc(-c2cccc(-c3nc(-n4c5ccccc5c5c6ccc(-c7ccc(-c8ccc9oc%10ccccc%10c9c8)cc7)cc6ccc54)nc4ccccc34)c2)cc1. The Balaban J connectivity index is 0.962. The van der Waals surface area contributed by atoms with Crippen molar-refractivity contribution in [1.82, 2.24) is 14.5 Å². The Morgan fingerprint density at radius 2 is 0.966 bits per heavy atom. The normalized spacial score (nSPS) is 11.8. The predicted molar refractivity (Wildman–Crippen MR) is 240 cm³/mol. The Morgan fingerprint density at radius 1 is 0.345 bits per heavy atom. The largest absolute Gasteiger partial charge is 0.456 e. The van der Waals surface area contributed by atoms with E-state index in [1.807, 2.05) is 12.1 Å². The van der Waals surface area contributed by atoms with E-state index in [4.69, 9.17) is 14.4 Å². The fourth-order valence-corrected chi connectivity index (χ4v) is 8.81. The first-order valence-electron chi connectivity index (χ1n) is 19.6. The molecular formula is C54H33N3O. The van der Waals surface area contributed by atoms with E-state index < -0.39 is 0 Å². The predicted octanol–water partition coefficient (Wildman–Crippen LogP) is 14.4. The van der Waals surface area contributed by atoms with Crippen molar-refractivity contribution < 1.29 is 4.42 Å². The van der Waals surface area contributed by atoms with Crippen LogP contribution in [0.5, 0.6) is 0 Å². The molecule has 0 N–H and O–H groups in total. The number of para-hydroxylation sites is 3. The maximum atomic E-state index is 6.08. The summed E-state index contributed by atoms with van der Waals surface area (Å²) >= 11 is 0. The van der Waals surface area contributed by atoms with Gasteiger partial charge >= 0.3 is 0 Å². The Morgan fingerprint density at radius 3 is 1.83 bits per heavy atom. The highest BCUT2D eigenvalue weighted by atomic mass is 16.3. The van der Waals surface area contributed by atoms with Crippen LogP contribution in [0.1, 0.15) is 0 Å². The molecule has 12 rings (SSSR count). The van der Waals surface area contributed by atoms with Crippen molar-refractivity contribution in [3.05, 3.63) is 200 Å². The van der Waals surface area contributed by atoms with Crippen LogP contribution in [0.25, 0.3) is 116 Å². The fourth-order valence-electron chi connectivity index (χ4n) is 8.81. The highest BCUT2D eigenvalue weighted by molar-refractivity contribution is 6.21. The van der Waals surface area contributed by atoms with E-state index in [1.165, 1.54) is 49.4 Å². The molecule has 0 unspecified atom stereocenters. The molecular weight excluding hydrogens is 707 g/mol. The molecule has 0 atom stereocenters. The first-order chi connectivity index (χ1) is 28.7. The van der Waals surface area contributed by atoms with E-state index in [0.29, 0.717) is 5.95 Å². The van der Waals surface area contributed by atoms with Crippen LogP contribution >= 0.6 is 0 Å².